The van der Waals surface area contributed by atoms with Crippen LogP contribution in [0.3, 0.4) is 0 Å². The molecule has 1 amide bonds. The van der Waals surface area contributed by atoms with Crippen molar-refractivity contribution in [2.75, 3.05) is 17.7 Å². The lowest BCUT2D eigenvalue weighted by Crippen LogP contribution is -2.14. The summed E-state index contributed by atoms with van der Waals surface area (Å²) in [5.41, 5.74) is 1.60. The maximum atomic E-state index is 12.2. The van der Waals surface area contributed by atoms with Crippen LogP contribution in [0.5, 0.6) is 5.75 Å². The fourth-order valence-electron chi connectivity index (χ4n) is 2.00. The molecule has 0 aliphatic heterocycles. The van der Waals surface area contributed by atoms with Gasteiger partial charge in [0.25, 0.3) is 5.91 Å². The molecule has 6 heteroatoms. The number of Topliss-reactive ketones (excluding diaryl/α,β-unsaturated/α-hetero) is 1. The SMILES string of the molecule is COc1ccc(NC(=O)/C(C#N)=C\Nc2cccc(C(C)=O)c2)cc1. The van der Waals surface area contributed by atoms with Crippen LogP contribution in [0.1, 0.15) is 17.3 Å². The standard InChI is InChI=1S/C19H17N3O3/c1-13(23)14-4-3-5-17(10-14)21-12-15(11-20)19(24)22-16-6-8-18(25-2)9-7-16/h3-10,12,21H,1-2H3,(H,22,24)/b15-12-. The second-order valence-electron chi connectivity index (χ2n) is 5.13. The zero-order valence-corrected chi connectivity index (χ0v) is 13.9. The van der Waals surface area contributed by atoms with Crippen molar-refractivity contribution in [2.24, 2.45) is 0 Å². The summed E-state index contributed by atoms with van der Waals surface area (Å²) in [6, 6.07) is 15.4. The Bertz CT molecular complexity index is 849. The van der Waals surface area contributed by atoms with Gasteiger partial charge < -0.3 is 15.4 Å². The largest absolute Gasteiger partial charge is 0.497 e. The molecule has 0 atom stereocenters. The van der Waals surface area contributed by atoms with Gasteiger partial charge in [-0.05, 0) is 43.3 Å². The van der Waals surface area contributed by atoms with E-state index in [1.165, 1.54) is 13.1 Å². The molecule has 0 saturated carbocycles. The number of anilines is 2. The first-order valence-corrected chi connectivity index (χ1v) is 7.46. The van der Waals surface area contributed by atoms with Gasteiger partial charge in [-0.25, -0.2) is 0 Å². The summed E-state index contributed by atoms with van der Waals surface area (Å²) in [4.78, 5) is 23.5. The fourth-order valence-corrected chi connectivity index (χ4v) is 2.00. The van der Waals surface area contributed by atoms with Crippen LogP contribution in [-0.4, -0.2) is 18.8 Å². The van der Waals surface area contributed by atoms with Gasteiger partial charge in [-0.1, -0.05) is 12.1 Å². The summed E-state index contributed by atoms with van der Waals surface area (Å²) in [6.07, 6.45) is 1.30. The molecule has 0 bridgehead atoms. The first-order chi connectivity index (χ1) is 12.0. The Labute approximate surface area is 145 Å². The number of ketones is 1. The summed E-state index contributed by atoms with van der Waals surface area (Å²) < 4.78 is 5.05. The number of nitriles is 1. The van der Waals surface area contributed by atoms with Gasteiger partial charge in [-0.2, -0.15) is 5.26 Å². The smallest absolute Gasteiger partial charge is 0.267 e. The Morgan fingerprint density at radius 1 is 1.12 bits per heavy atom. The maximum absolute atomic E-state index is 12.2. The predicted octanol–water partition coefficient (Wildman–Crippen LogP) is 3.36. The van der Waals surface area contributed by atoms with E-state index in [0.717, 1.165) is 0 Å². The van der Waals surface area contributed by atoms with E-state index < -0.39 is 5.91 Å². The maximum Gasteiger partial charge on any atom is 0.267 e. The Balaban J connectivity index is 2.08. The van der Waals surface area contributed by atoms with E-state index in [1.807, 2.05) is 6.07 Å². The average Bonchev–Trinajstić information content (AvgIpc) is 2.63. The third-order valence-corrected chi connectivity index (χ3v) is 3.37. The summed E-state index contributed by atoms with van der Waals surface area (Å²) in [5, 5.41) is 14.7. The molecule has 0 aromatic heterocycles. The highest BCUT2D eigenvalue weighted by Gasteiger charge is 2.09. The summed E-state index contributed by atoms with van der Waals surface area (Å²) >= 11 is 0. The molecule has 6 nitrogen and oxygen atoms in total. The van der Waals surface area contributed by atoms with Crippen LogP contribution >= 0.6 is 0 Å². The molecule has 0 unspecified atom stereocenters. The molecule has 2 rings (SSSR count). The van der Waals surface area contributed by atoms with Crippen molar-refractivity contribution < 1.29 is 14.3 Å². The van der Waals surface area contributed by atoms with Crippen LogP contribution in [0.25, 0.3) is 0 Å². The van der Waals surface area contributed by atoms with Crippen LogP contribution < -0.4 is 15.4 Å². The lowest BCUT2D eigenvalue weighted by molar-refractivity contribution is -0.112. The number of amides is 1. The number of hydrogen-bond donors (Lipinski definition) is 2. The van der Waals surface area contributed by atoms with Gasteiger partial charge in [-0.3, -0.25) is 9.59 Å². The zero-order valence-electron chi connectivity index (χ0n) is 13.9. The molecule has 0 fully saturated rings. The van der Waals surface area contributed by atoms with E-state index in [9.17, 15) is 14.9 Å². The van der Waals surface area contributed by atoms with Crippen LogP contribution in [0.15, 0.2) is 60.3 Å². The third-order valence-electron chi connectivity index (χ3n) is 3.37. The predicted molar refractivity (Wildman–Crippen MR) is 95.4 cm³/mol. The summed E-state index contributed by atoms with van der Waals surface area (Å²) in [7, 11) is 1.55. The van der Waals surface area contributed by atoms with E-state index in [1.54, 1.807) is 55.6 Å². The fraction of sp³-hybridized carbons (Fsp3) is 0.105. The van der Waals surface area contributed by atoms with Gasteiger partial charge >= 0.3 is 0 Å². The zero-order chi connectivity index (χ0) is 18.2. The summed E-state index contributed by atoms with van der Waals surface area (Å²) in [6.45, 7) is 1.47. The molecule has 0 radical (unpaired) electrons. The Morgan fingerprint density at radius 2 is 1.84 bits per heavy atom. The number of nitrogens with zero attached hydrogens (tertiary/aromatic N) is 1. The number of ether oxygens (including phenoxy) is 1. The molecule has 2 aromatic rings. The summed E-state index contributed by atoms with van der Waals surface area (Å²) in [5.74, 6) is 0.0642. The highest BCUT2D eigenvalue weighted by atomic mass is 16.5. The molecule has 0 heterocycles. The number of nitrogens with one attached hydrogen (secondary N) is 2. The lowest BCUT2D eigenvalue weighted by atomic mass is 10.1. The number of carbonyl (C=O) groups excluding carboxylic acids is 2. The number of carbonyl (C=O) groups is 2. The lowest BCUT2D eigenvalue weighted by Gasteiger charge is -2.07. The molecule has 0 spiro atoms. The van der Waals surface area contributed by atoms with E-state index in [0.29, 0.717) is 22.7 Å². The second-order valence-corrected chi connectivity index (χ2v) is 5.13. The van der Waals surface area contributed by atoms with E-state index >= 15 is 0 Å². The molecule has 0 aliphatic carbocycles. The van der Waals surface area contributed by atoms with Crippen molar-refractivity contribution in [3.05, 3.63) is 65.9 Å². The van der Waals surface area contributed by atoms with E-state index in [4.69, 9.17) is 4.74 Å². The highest BCUT2D eigenvalue weighted by molar-refractivity contribution is 6.06. The Kier molecular flexibility index (Phi) is 5.91. The van der Waals surface area contributed by atoms with Gasteiger partial charge in [0, 0.05) is 23.1 Å². The normalized spacial score (nSPS) is 10.5. The molecule has 2 aromatic carbocycles. The molecule has 0 aliphatic rings. The van der Waals surface area contributed by atoms with Gasteiger partial charge in [0.05, 0.1) is 7.11 Å². The third kappa shape index (κ3) is 4.94. The second kappa shape index (κ2) is 8.31. The minimum atomic E-state index is -0.539. The number of rotatable bonds is 6. The Hall–Kier alpha value is -3.59. The van der Waals surface area contributed by atoms with Crippen molar-refractivity contribution >= 4 is 23.1 Å². The van der Waals surface area contributed by atoms with Gasteiger partial charge in [0.1, 0.15) is 17.4 Å². The van der Waals surface area contributed by atoms with Crippen molar-refractivity contribution in [2.45, 2.75) is 6.92 Å². The van der Waals surface area contributed by atoms with Gasteiger partial charge in [0.2, 0.25) is 0 Å². The molecule has 0 saturated heterocycles. The van der Waals surface area contributed by atoms with Crippen LogP contribution in [0.4, 0.5) is 11.4 Å². The van der Waals surface area contributed by atoms with Crippen molar-refractivity contribution in [3.63, 3.8) is 0 Å². The number of methoxy groups -OCH3 is 1. The van der Waals surface area contributed by atoms with Crippen LogP contribution in [0, 0.1) is 11.3 Å². The van der Waals surface area contributed by atoms with Gasteiger partial charge in [0.15, 0.2) is 5.78 Å². The average molecular weight is 335 g/mol. The molecule has 126 valence electrons. The highest BCUT2D eigenvalue weighted by Crippen LogP contribution is 2.16. The van der Waals surface area contributed by atoms with E-state index in [2.05, 4.69) is 10.6 Å². The first-order valence-electron chi connectivity index (χ1n) is 7.46. The molecule has 2 N–H and O–H groups in total. The van der Waals surface area contributed by atoms with Crippen molar-refractivity contribution in [1.82, 2.24) is 0 Å². The molecule has 25 heavy (non-hydrogen) atoms. The Morgan fingerprint density at radius 3 is 2.44 bits per heavy atom. The van der Waals surface area contributed by atoms with Crippen molar-refractivity contribution in [3.8, 4) is 11.8 Å². The minimum Gasteiger partial charge on any atom is -0.497 e. The quantitative estimate of drug-likeness (QED) is 0.480. The molecular weight excluding hydrogens is 318 g/mol. The number of benzene rings is 2. The van der Waals surface area contributed by atoms with Crippen molar-refractivity contribution in [1.29, 1.82) is 5.26 Å². The van der Waals surface area contributed by atoms with Crippen LogP contribution in [-0.2, 0) is 4.79 Å². The molecular formula is C19H17N3O3. The van der Waals surface area contributed by atoms with E-state index in [-0.39, 0.29) is 11.4 Å². The minimum absolute atomic E-state index is 0.0645. The number of hydrogen-bond acceptors (Lipinski definition) is 5. The van der Waals surface area contributed by atoms with Crippen LogP contribution in [0.2, 0.25) is 0 Å². The van der Waals surface area contributed by atoms with Gasteiger partial charge in [-0.15, -0.1) is 0 Å². The first kappa shape index (κ1) is 17.8. The topological polar surface area (TPSA) is 91.2 Å². The monoisotopic (exact) mass is 335 g/mol.